The van der Waals surface area contributed by atoms with Gasteiger partial charge in [-0.2, -0.15) is 0 Å². The monoisotopic (exact) mass is 303 g/mol. The molecule has 0 fully saturated rings. The molecule has 0 radical (unpaired) electrons. The van der Waals surface area contributed by atoms with Gasteiger partial charge in [0, 0.05) is 5.02 Å². The van der Waals surface area contributed by atoms with Crippen molar-refractivity contribution < 1.29 is 14.3 Å². The van der Waals surface area contributed by atoms with E-state index in [9.17, 15) is 9.59 Å². The van der Waals surface area contributed by atoms with Crippen molar-refractivity contribution in [2.75, 3.05) is 0 Å². The molecule has 0 saturated heterocycles. The van der Waals surface area contributed by atoms with Gasteiger partial charge in [0.1, 0.15) is 0 Å². The molecule has 0 aliphatic carbocycles. The Bertz CT molecular complexity index is 894. The van der Waals surface area contributed by atoms with Crippen molar-refractivity contribution in [3.63, 3.8) is 0 Å². The fourth-order valence-corrected chi connectivity index (χ4v) is 2.34. The predicted molar refractivity (Wildman–Crippen MR) is 78.0 cm³/mol. The third-order valence-corrected chi connectivity index (χ3v) is 3.57. The fraction of sp³-hybridized carbons (Fsp3) is 0.0667. The standard InChI is InChI=1S/C15H10ClNO4/c16-11-4-2-1-3-10(11)8-17-12-6-5-9(14(18)19)7-13(12)21-15(17)20/h1-7H,8H2,(H,18,19). The molecule has 6 heteroatoms. The Hall–Kier alpha value is -2.53. The van der Waals surface area contributed by atoms with E-state index in [0.717, 1.165) is 5.56 Å². The molecule has 0 amide bonds. The maximum absolute atomic E-state index is 11.9. The quantitative estimate of drug-likeness (QED) is 0.807. The van der Waals surface area contributed by atoms with E-state index in [4.69, 9.17) is 21.1 Å². The van der Waals surface area contributed by atoms with E-state index in [2.05, 4.69) is 0 Å². The lowest BCUT2D eigenvalue weighted by Crippen LogP contribution is -2.15. The summed E-state index contributed by atoms with van der Waals surface area (Å²) in [6.45, 7) is 0.262. The van der Waals surface area contributed by atoms with Crippen LogP contribution in [0.2, 0.25) is 5.02 Å². The minimum Gasteiger partial charge on any atom is -0.478 e. The van der Waals surface area contributed by atoms with Gasteiger partial charge in [0.15, 0.2) is 5.58 Å². The van der Waals surface area contributed by atoms with E-state index < -0.39 is 11.7 Å². The molecule has 0 aliphatic rings. The van der Waals surface area contributed by atoms with Crippen LogP contribution in [0.25, 0.3) is 11.1 Å². The summed E-state index contributed by atoms with van der Waals surface area (Å²) >= 11 is 6.09. The van der Waals surface area contributed by atoms with E-state index >= 15 is 0 Å². The number of rotatable bonds is 3. The van der Waals surface area contributed by atoms with Crippen molar-refractivity contribution in [1.82, 2.24) is 4.57 Å². The number of carbonyl (C=O) groups is 1. The van der Waals surface area contributed by atoms with Crippen molar-refractivity contribution in [3.05, 3.63) is 69.2 Å². The summed E-state index contributed by atoms with van der Waals surface area (Å²) in [5.74, 6) is -1.62. The highest BCUT2D eigenvalue weighted by Gasteiger charge is 2.13. The first-order chi connectivity index (χ1) is 10.1. The number of oxazole rings is 1. The Labute approximate surface area is 124 Å². The van der Waals surface area contributed by atoms with Gasteiger partial charge in [0.25, 0.3) is 0 Å². The van der Waals surface area contributed by atoms with Crippen LogP contribution in [0.1, 0.15) is 15.9 Å². The number of hydrogen-bond acceptors (Lipinski definition) is 3. The molecule has 0 unspecified atom stereocenters. The second-order valence-electron chi connectivity index (χ2n) is 4.53. The molecule has 0 aliphatic heterocycles. The molecule has 2 aromatic carbocycles. The van der Waals surface area contributed by atoms with E-state index in [1.807, 2.05) is 12.1 Å². The normalized spacial score (nSPS) is 10.9. The van der Waals surface area contributed by atoms with Gasteiger partial charge in [-0.15, -0.1) is 0 Å². The van der Waals surface area contributed by atoms with Gasteiger partial charge in [-0.25, -0.2) is 9.59 Å². The van der Waals surface area contributed by atoms with Crippen molar-refractivity contribution in [2.24, 2.45) is 0 Å². The first-order valence-electron chi connectivity index (χ1n) is 6.16. The zero-order valence-corrected chi connectivity index (χ0v) is 11.5. The van der Waals surface area contributed by atoms with Crippen LogP contribution in [-0.4, -0.2) is 15.6 Å². The number of hydrogen-bond donors (Lipinski definition) is 1. The molecule has 0 spiro atoms. The van der Waals surface area contributed by atoms with E-state index in [-0.39, 0.29) is 17.7 Å². The van der Waals surface area contributed by atoms with Crippen molar-refractivity contribution in [2.45, 2.75) is 6.54 Å². The second-order valence-corrected chi connectivity index (χ2v) is 4.94. The summed E-state index contributed by atoms with van der Waals surface area (Å²) in [5.41, 5.74) is 1.63. The zero-order valence-electron chi connectivity index (χ0n) is 10.7. The van der Waals surface area contributed by atoms with E-state index in [0.29, 0.717) is 10.5 Å². The Balaban J connectivity index is 2.11. The first-order valence-corrected chi connectivity index (χ1v) is 6.54. The summed E-state index contributed by atoms with van der Waals surface area (Å²) in [7, 11) is 0. The Kier molecular flexibility index (Phi) is 3.27. The molecular formula is C15H10ClNO4. The minimum atomic E-state index is -1.07. The molecule has 106 valence electrons. The van der Waals surface area contributed by atoms with Crippen LogP contribution in [-0.2, 0) is 6.54 Å². The third-order valence-electron chi connectivity index (χ3n) is 3.20. The molecule has 21 heavy (non-hydrogen) atoms. The summed E-state index contributed by atoms with van der Waals surface area (Å²) in [6.07, 6.45) is 0. The maximum Gasteiger partial charge on any atom is 0.420 e. The average molecular weight is 304 g/mol. The van der Waals surface area contributed by atoms with Crippen molar-refractivity contribution in [3.8, 4) is 0 Å². The zero-order chi connectivity index (χ0) is 15.0. The predicted octanol–water partition coefficient (Wildman–Crippen LogP) is 2.99. The van der Waals surface area contributed by atoms with Crippen LogP contribution >= 0.6 is 11.6 Å². The molecule has 3 aromatic rings. The number of fused-ring (bicyclic) bond motifs is 1. The number of nitrogens with zero attached hydrogens (tertiary/aromatic N) is 1. The molecule has 0 bridgehead atoms. The van der Waals surface area contributed by atoms with Crippen LogP contribution < -0.4 is 5.76 Å². The molecule has 0 saturated carbocycles. The highest BCUT2D eigenvalue weighted by molar-refractivity contribution is 6.31. The number of benzene rings is 2. The molecule has 1 aromatic heterocycles. The maximum atomic E-state index is 11.9. The smallest absolute Gasteiger partial charge is 0.420 e. The van der Waals surface area contributed by atoms with Crippen LogP contribution in [0.3, 0.4) is 0 Å². The summed E-state index contributed by atoms with van der Waals surface area (Å²) in [6, 6.07) is 11.5. The molecule has 5 nitrogen and oxygen atoms in total. The third kappa shape index (κ3) is 2.43. The Morgan fingerprint density at radius 1 is 1.24 bits per heavy atom. The molecular weight excluding hydrogens is 294 g/mol. The SMILES string of the molecule is O=C(O)c1ccc2c(c1)oc(=O)n2Cc1ccccc1Cl. The fourth-order valence-electron chi connectivity index (χ4n) is 2.15. The van der Waals surface area contributed by atoms with Gasteiger partial charge < -0.3 is 9.52 Å². The van der Waals surface area contributed by atoms with Crippen molar-refractivity contribution >= 4 is 28.7 Å². The van der Waals surface area contributed by atoms with E-state index in [1.54, 1.807) is 18.2 Å². The van der Waals surface area contributed by atoms with Gasteiger partial charge in [-0.1, -0.05) is 29.8 Å². The number of carboxylic acid groups (broad SMARTS) is 1. The number of aromatic nitrogens is 1. The van der Waals surface area contributed by atoms with Gasteiger partial charge in [0.2, 0.25) is 0 Å². The number of halogens is 1. The molecule has 3 rings (SSSR count). The highest BCUT2D eigenvalue weighted by Crippen LogP contribution is 2.20. The number of carboxylic acids is 1. The van der Waals surface area contributed by atoms with Gasteiger partial charge in [-0.3, -0.25) is 4.57 Å². The van der Waals surface area contributed by atoms with Crippen LogP contribution in [0.15, 0.2) is 51.7 Å². The molecule has 0 atom stereocenters. The lowest BCUT2D eigenvalue weighted by atomic mass is 10.2. The average Bonchev–Trinajstić information content (AvgIpc) is 2.76. The van der Waals surface area contributed by atoms with Crippen molar-refractivity contribution in [1.29, 1.82) is 0 Å². The lowest BCUT2D eigenvalue weighted by molar-refractivity contribution is 0.0697. The summed E-state index contributed by atoms with van der Waals surface area (Å²) < 4.78 is 6.52. The topological polar surface area (TPSA) is 72.4 Å². The lowest BCUT2D eigenvalue weighted by Gasteiger charge is -2.04. The van der Waals surface area contributed by atoms with Gasteiger partial charge in [0.05, 0.1) is 17.6 Å². The molecule has 1 heterocycles. The van der Waals surface area contributed by atoms with E-state index in [1.165, 1.54) is 16.7 Å². The second kappa shape index (κ2) is 5.10. The Morgan fingerprint density at radius 2 is 2.00 bits per heavy atom. The van der Waals surface area contributed by atoms with Gasteiger partial charge >= 0.3 is 11.7 Å². The largest absolute Gasteiger partial charge is 0.478 e. The van der Waals surface area contributed by atoms with Crippen LogP contribution in [0.4, 0.5) is 0 Å². The number of aromatic carboxylic acids is 1. The summed E-state index contributed by atoms with van der Waals surface area (Å²) in [4.78, 5) is 22.9. The Morgan fingerprint density at radius 3 is 2.71 bits per heavy atom. The highest BCUT2D eigenvalue weighted by atomic mass is 35.5. The summed E-state index contributed by atoms with van der Waals surface area (Å²) in [5, 5.41) is 9.50. The minimum absolute atomic E-state index is 0.0705. The molecule has 1 N–H and O–H groups in total. The van der Waals surface area contributed by atoms with Gasteiger partial charge in [-0.05, 0) is 29.8 Å². The van der Waals surface area contributed by atoms with Crippen LogP contribution in [0.5, 0.6) is 0 Å². The van der Waals surface area contributed by atoms with Crippen LogP contribution in [0, 0.1) is 0 Å². The first kappa shape index (κ1) is 13.5.